The van der Waals surface area contributed by atoms with E-state index in [2.05, 4.69) is 250 Å². The van der Waals surface area contributed by atoms with Crippen LogP contribution >= 0.6 is 0 Å². The van der Waals surface area contributed by atoms with E-state index in [9.17, 15) is 0 Å². The third-order valence-electron chi connectivity index (χ3n) is 23.7. The lowest BCUT2D eigenvalue weighted by Gasteiger charge is -2.53. The van der Waals surface area contributed by atoms with Gasteiger partial charge >= 0.3 is 0 Å². The van der Waals surface area contributed by atoms with Crippen LogP contribution in [-0.4, -0.2) is 136 Å². The van der Waals surface area contributed by atoms with Crippen LogP contribution in [0.15, 0.2) is 183 Å². The van der Waals surface area contributed by atoms with Gasteiger partial charge < -0.3 is 46.4 Å². The van der Waals surface area contributed by atoms with Gasteiger partial charge in [-0.3, -0.25) is 4.79 Å². The van der Waals surface area contributed by atoms with Gasteiger partial charge in [-0.2, -0.15) is 0 Å². The third kappa shape index (κ3) is 17.6. The maximum atomic E-state index is 15.5. The number of hydrogen-bond acceptors (Lipinski definition) is 11. The molecule has 4 aromatic carbocycles. The van der Waals surface area contributed by atoms with Crippen molar-refractivity contribution >= 4 is 51.5 Å². The van der Waals surface area contributed by atoms with Gasteiger partial charge in [0.05, 0.1) is 68.1 Å². The molecular weight excluding hydrogens is 1290 g/mol. The molecule has 6 aliphatic heterocycles. The molecule has 0 radical (unpaired) electrons. The molecule has 6 saturated heterocycles. The first kappa shape index (κ1) is 78.1. The minimum Gasteiger partial charge on any atom is -0.417 e. The van der Waals surface area contributed by atoms with Gasteiger partial charge in [0.25, 0.3) is 16.6 Å². The van der Waals surface area contributed by atoms with Gasteiger partial charge in [-0.15, -0.1) is 13.2 Å². The van der Waals surface area contributed by atoms with Crippen molar-refractivity contribution in [1.82, 2.24) is 0 Å². The molecule has 6 fully saturated rings. The Morgan fingerprint density at radius 1 is 0.600 bits per heavy atom. The minimum absolute atomic E-state index is 0.0108. The largest absolute Gasteiger partial charge is 0.417 e. The number of fused-ring (bicyclic) bond motifs is 2. The van der Waals surface area contributed by atoms with E-state index in [0.29, 0.717) is 51.9 Å². The molecule has 546 valence electrons. The molecule has 0 aromatic heterocycles. The minimum atomic E-state index is -3.31. The van der Waals surface area contributed by atoms with Crippen LogP contribution < -0.4 is 20.7 Å². The number of ketones is 1. The van der Waals surface area contributed by atoms with Crippen molar-refractivity contribution in [3.8, 4) is 0 Å². The van der Waals surface area contributed by atoms with E-state index < -0.39 is 55.5 Å². The van der Waals surface area contributed by atoms with Crippen molar-refractivity contribution in [1.29, 1.82) is 0 Å². The highest BCUT2D eigenvalue weighted by molar-refractivity contribution is 7.00. The van der Waals surface area contributed by atoms with Gasteiger partial charge in [0.15, 0.2) is 8.32 Å². The summed E-state index contributed by atoms with van der Waals surface area (Å²) in [6.07, 6.45) is 11.1. The van der Waals surface area contributed by atoms with Crippen LogP contribution in [0.2, 0.25) is 28.2 Å². The van der Waals surface area contributed by atoms with Crippen LogP contribution in [0, 0.1) is 29.6 Å². The predicted octanol–water partition coefficient (Wildman–Crippen LogP) is 16.6. The summed E-state index contributed by atoms with van der Waals surface area (Å²) in [7, 11) is -8.50. The monoisotopic (exact) mass is 1420 g/mol. The summed E-state index contributed by atoms with van der Waals surface area (Å²) in [5, 5.41) is 4.16. The SMILES string of the molecule is C=CCOC/C=C/[C@H]1CC(=C)C(CC[C@H]2C[C@@H](C)C(=C)C(C[C@@H]3O[C@H](C[C@H](C)CO[Si](C)(C)C(C)(C)C)[C@H](C)[C@H]3CC(=O)CC3CC[C@@H]4O[C@@H]5[C@@H](O[C@H](CC(C)C=C)[C@@H]5O[Si](c5ccccc5)(c5ccccc5)C(C)(C)C)[C@@H](O[Si](c5ccccc5)(c5ccccc5)C(C)(C)C)[C@H]4O3)O2)O1. The number of carbonyl (C=O) groups excluding carboxylic acids is 1. The average Bonchev–Trinajstić information content (AvgIpc) is 1.33. The van der Waals surface area contributed by atoms with Gasteiger partial charge in [-0.05, 0) is 135 Å². The molecule has 0 aliphatic carbocycles. The second-order valence-electron chi connectivity index (χ2n) is 34.2. The molecule has 6 heterocycles. The average molecular weight is 1420 g/mol. The molecule has 4 aromatic rings. The van der Waals surface area contributed by atoms with Gasteiger partial charge in [-0.25, -0.2) is 0 Å². The first-order chi connectivity index (χ1) is 47.5. The van der Waals surface area contributed by atoms with Gasteiger partial charge in [0.1, 0.15) is 36.3 Å². The Bertz CT molecular complexity index is 3260. The Morgan fingerprint density at radius 2 is 1.16 bits per heavy atom. The van der Waals surface area contributed by atoms with E-state index >= 15 is 4.79 Å². The zero-order valence-corrected chi connectivity index (χ0v) is 66.5. The van der Waals surface area contributed by atoms with E-state index in [4.69, 9.17) is 53.0 Å². The van der Waals surface area contributed by atoms with Crippen LogP contribution in [0.3, 0.4) is 0 Å². The molecular formula is C86H124O11Si3. The zero-order valence-electron chi connectivity index (χ0n) is 63.5. The lowest BCUT2D eigenvalue weighted by molar-refractivity contribution is -0.254. The number of benzene rings is 4. The molecule has 0 spiro atoms. The molecule has 0 N–H and O–H groups in total. The Hall–Kier alpha value is -4.50. The lowest BCUT2D eigenvalue weighted by Crippen LogP contribution is -2.73. The normalized spacial score (nSPS) is 30.6. The van der Waals surface area contributed by atoms with E-state index in [1.807, 2.05) is 12.2 Å². The van der Waals surface area contributed by atoms with E-state index in [1.165, 1.54) is 20.7 Å². The lowest BCUT2D eigenvalue weighted by atomic mass is 9.78. The highest BCUT2D eigenvalue weighted by Gasteiger charge is 2.65. The number of ether oxygens (including phenoxy) is 7. The highest BCUT2D eigenvalue weighted by Crippen LogP contribution is 2.50. The third-order valence-corrected chi connectivity index (χ3v) is 38.3. The molecule has 4 unspecified atom stereocenters. The summed E-state index contributed by atoms with van der Waals surface area (Å²) >= 11 is 0. The summed E-state index contributed by atoms with van der Waals surface area (Å²) in [4.78, 5) is 15.5. The molecule has 6 aliphatic rings. The van der Waals surface area contributed by atoms with Crippen molar-refractivity contribution in [2.24, 2.45) is 29.6 Å². The van der Waals surface area contributed by atoms with Crippen molar-refractivity contribution in [3.05, 3.63) is 183 Å². The van der Waals surface area contributed by atoms with Crippen molar-refractivity contribution < 1.29 is 51.2 Å². The summed E-state index contributed by atoms with van der Waals surface area (Å²) in [6, 6.07) is 43.6. The Morgan fingerprint density at radius 3 is 1.70 bits per heavy atom. The van der Waals surface area contributed by atoms with Crippen molar-refractivity contribution in [3.63, 3.8) is 0 Å². The standard InChI is InChI=1S/C86H124O11Si3/c1-20-48-88-49-34-35-65-53-61(6)73(90-65)46-44-66-52-60(5)62(7)76(91-66)56-77-72(63(8)75(93-77)51-59(4)57-89-98(18,19)84(9,10)11)55-64(87)54-67-45-47-74-79(92-67)83(97-100(86(15,16)17,70-40-30-24-31-41-70)71-42-32-25-33-43-71)82-81(94-74)80(78(95-82)50-58(3)21-2)96-99(85(12,13)14,68-36-26-22-27-37-68)69-38-28-23-29-39-69/h20-43,58-60,63,65-67,72-83H,1-2,6-7,44-57H2,3-5,8-19H3/b35-34+/t58?,59-,60+,63+,65-,66-,67?,72+,73?,74-,75+,76?,77-,78+,79-,80-,81-,82+,83-/m0/s1. The summed E-state index contributed by atoms with van der Waals surface area (Å²) in [5.41, 5.74) is 2.23. The van der Waals surface area contributed by atoms with Crippen LogP contribution in [0.5, 0.6) is 0 Å². The number of hydrogen-bond donors (Lipinski definition) is 0. The summed E-state index contributed by atoms with van der Waals surface area (Å²) < 4.78 is 73.3. The highest BCUT2D eigenvalue weighted by atomic mass is 28.4. The van der Waals surface area contributed by atoms with Crippen LogP contribution in [0.25, 0.3) is 0 Å². The van der Waals surface area contributed by atoms with Gasteiger partial charge in [-0.1, -0.05) is 249 Å². The van der Waals surface area contributed by atoms with E-state index in [0.717, 1.165) is 43.3 Å². The van der Waals surface area contributed by atoms with Crippen molar-refractivity contribution in [2.75, 3.05) is 19.8 Å². The van der Waals surface area contributed by atoms with Crippen LogP contribution in [-0.2, 0) is 51.2 Å². The first-order valence-electron chi connectivity index (χ1n) is 38.0. The molecule has 19 atom stereocenters. The molecule has 100 heavy (non-hydrogen) atoms. The maximum Gasteiger partial charge on any atom is 0.261 e. The first-order valence-corrected chi connectivity index (χ1v) is 44.7. The number of Topliss-reactive ketones (excluding diaryl/α,β-unsaturated/α-hetero) is 1. The Balaban J connectivity index is 0.946. The quantitative estimate of drug-likeness (QED) is 0.0283. The predicted molar refractivity (Wildman–Crippen MR) is 415 cm³/mol. The van der Waals surface area contributed by atoms with Crippen LogP contribution in [0.4, 0.5) is 0 Å². The second-order valence-corrected chi connectivity index (χ2v) is 47.5. The number of allylic oxidation sites excluding steroid dienone is 1. The van der Waals surface area contributed by atoms with E-state index in [1.54, 1.807) is 6.08 Å². The Labute approximate surface area is 606 Å². The fourth-order valence-corrected chi connectivity index (χ4v) is 27.5. The summed E-state index contributed by atoms with van der Waals surface area (Å²) in [5.74, 6) is 0.879. The Kier molecular flexibility index (Phi) is 26.0. The smallest absolute Gasteiger partial charge is 0.261 e. The molecule has 14 heteroatoms. The van der Waals surface area contributed by atoms with Gasteiger partial charge in [0, 0.05) is 32.3 Å². The molecule has 11 nitrogen and oxygen atoms in total. The van der Waals surface area contributed by atoms with Gasteiger partial charge in [0.2, 0.25) is 0 Å². The molecule has 0 bridgehead atoms. The topological polar surface area (TPSA) is 109 Å². The van der Waals surface area contributed by atoms with Crippen LogP contribution in [0.1, 0.15) is 161 Å². The second kappa shape index (κ2) is 33.3. The fraction of sp³-hybridized carbons (Fsp3) is 0.593. The van der Waals surface area contributed by atoms with E-state index in [-0.39, 0.29) is 112 Å². The van der Waals surface area contributed by atoms with Crippen molar-refractivity contribution in [2.45, 2.75) is 274 Å². The molecule has 10 rings (SSSR count). The summed E-state index contributed by atoms with van der Waals surface area (Å²) in [6.45, 7) is 53.6. The zero-order chi connectivity index (χ0) is 72.0. The maximum absolute atomic E-state index is 15.5. The number of rotatable bonds is 30. The fourth-order valence-electron chi connectivity index (χ4n) is 17.0. The molecule has 0 saturated carbocycles. The molecule has 0 amide bonds. The number of carbonyl (C=O) groups is 1.